The average molecular weight is 309 g/mol. The number of halogens is 1. The maximum atomic E-state index is 13.7. The van der Waals surface area contributed by atoms with E-state index in [9.17, 15) is 18.8 Å². The van der Waals surface area contributed by atoms with Gasteiger partial charge in [0, 0.05) is 6.54 Å². The summed E-state index contributed by atoms with van der Waals surface area (Å²) in [4.78, 5) is 34.8. The minimum atomic E-state index is -0.719. The molecule has 118 valence electrons. The summed E-state index contributed by atoms with van der Waals surface area (Å²) in [6, 6.07) is 2.10. The highest BCUT2D eigenvalue weighted by atomic mass is 19.1. The number of esters is 1. The highest BCUT2D eigenvalue weighted by molar-refractivity contribution is 5.96. The van der Waals surface area contributed by atoms with Crippen molar-refractivity contribution in [2.45, 2.75) is 18.9 Å². The summed E-state index contributed by atoms with van der Waals surface area (Å²) in [5, 5.41) is 7.37. The molecule has 1 aliphatic rings. The summed E-state index contributed by atoms with van der Waals surface area (Å²) in [5.74, 6) is -1.61. The lowest BCUT2D eigenvalue weighted by molar-refractivity contribution is -0.124. The minimum Gasteiger partial charge on any atom is -0.465 e. The van der Waals surface area contributed by atoms with Crippen LogP contribution in [0.3, 0.4) is 0 Å². The van der Waals surface area contributed by atoms with Crippen LogP contribution in [0.15, 0.2) is 18.2 Å². The fourth-order valence-corrected chi connectivity index (χ4v) is 2.09. The Balaban J connectivity index is 2.04. The van der Waals surface area contributed by atoms with E-state index in [1.165, 1.54) is 19.2 Å². The molecule has 1 aliphatic heterocycles. The Morgan fingerprint density at radius 2 is 2.18 bits per heavy atom. The number of amides is 3. The molecular formula is C14H16FN3O4. The summed E-state index contributed by atoms with van der Waals surface area (Å²) in [5.41, 5.74) is -0.0637. The second-order valence-electron chi connectivity index (χ2n) is 4.77. The SMILES string of the molecule is COC(=O)c1ccc(F)c(NC(=O)N[C@@H]2CCCNC2=O)c1. The highest BCUT2D eigenvalue weighted by Gasteiger charge is 2.24. The van der Waals surface area contributed by atoms with E-state index in [0.717, 1.165) is 12.5 Å². The van der Waals surface area contributed by atoms with Gasteiger partial charge >= 0.3 is 12.0 Å². The number of carbonyl (C=O) groups excluding carboxylic acids is 3. The Hall–Kier alpha value is -2.64. The van der Waals surface area contributed by atoms with Crippen LogP contribution in [0, 0.1) is 5.82 Å². The van der Waals surface area contributed by atoms with Crippen LogP contribution in [0.4, 0.5) is 14.9 Å². The number of methoxy groups -OCH3 is 1. The topological polar surface area (TPSA) is 96.5 Å². The molecule has 1 saturated heterocycles. The van der Waals surface area contributed by atoms with E-state index in [2.05, 4.69) is 20.7 Å². The third-order valence-electron chi connectivity index (χ3n) is 3.23. The predicted octanol–water partition coefficient (Wildman–Crippen LogP) is 1.01. The standard InChI is InChI=1S/C14H16FN3O4/c1-22-13(20)8-4-5-9(15)11(7-8)18-14(21)17-10-3-2-6-16-12(10)19/h4-5,7,10H,2-3,6H2,1H3,(H,16,19)(H2,17,18,21)/t10-/m1/s1. The molecule has 0 unspecified atom stereocenters. The second kappa shape index (κ2) is 6.88. The number of ether oxygens (including phenoxy) is 1. The Kier molecular flexibility index (Phi) is 4.92. The Morgan fingerprint density at radius 1 is 1.41 bits per heavy atom. The van der Waals surface area contributed by atoms with Gasteiger partial charge in [0.1, 0.15) is 11.9 Å². The first kappa shape index (κ1) is 15.7. The van der Waals surface area contributed by atoms with Crippen molar-refractivity contribution in [3.63, 3.8) is 0 Å². The highest BCUT2D eigenvalue weighted by Crippen LogP contribution is 2.17. The zero-order valence-electron chi connectivity index (χ0n) is 11.9. The quantitative estimate of drug-likeness (QED) is 0.726. The molecule has 1 heterocycles. The maximum Gasteiger partial charge on any atom is 0.337 e. The maximum absolute atomic E-state index is 13.7. The molecule has 0 aromatic heterocycles. The number of carbonyl (C=O) groups is 3. The summed E-state index contributed by atoms with van der Waals surface area (Å²) in [6.45, 7) is 0.578. The largest absolute Gasteiger partial charge is 0.465 e. The van der Waals surface area contributed by atoms with Crippen molar-refractivity contribution in [3.05, 3.63) is 29.6 Å². The van der Waals surface area contributed by atoms with Gasteiger partial charge in [-0.25, -0.2) is 14.0 Å². The van der Waals surface area contributed by atoms with Gasteiger partial charge in [0.15, 0.2) is 0 Å². The van der Waals surface area contributed by atoms with E-state index in [-0.39, 0.29) is 17.2 Å². The molecule has 1 atom stereocenters. The molecule has 1 aromatic carbocycles. The van der Waals surface area contributed by atoms with E-state index in [4.69, 9.17) is 0 Å². The van der Waals surface area contributed by atoms with Gasteiger partial charge in [-0.05, 0) is 31.0 Å². The zero-order chi connectivity index (χ0) is 16.1. The number of hydrogen-bond acceptors (Lipinski definition) is 4. The number of hydrogen-bond donors (Lipinski definition) is 3. The van der Waals surface area contributed by atoms with Gasteiger partial charge in [-0.3, -0.25) is 4.79 Å². The Bertz CT molecular complexity index is 606. The molecule has 0 radical (unpaired) electrons. The molecule has 1 aromatic rings. The van der Waals surface area contributed by atoms with Crippen molar-refractivity contribution in [2.75, 3.05) is 19.0 Å². The number of piperidine rings is 1. The molecule has 3 amide bonds. The van der Waals surface area contributed by atoms with Gasteiger partial charge in [-0.2, -0.15) is 0 Å². The zero-order valence-corrected chi connectivity index (χ0v) is 11.9. The molecule has 2 rings (SSSR count). The van der Waals surface area contributed by atoms with Crippen molar-refractivity contribution in [1.29, 1.82) is 0 Å². The third kappa shape index (κ3) is 3.72. The van der Waals surface area contributed by atoms with E-state index >= 15 is 0 Å². The van der Waals surface area contributed by atoms with Gasteiger partial charge in [0.2, 0.25) is 5.91 Å². The van der Waals surface area contributed by atoms with E-state index in [0.29, 0.717) is 13.0 Å². The lowest BCUT2D eigenvalue weighted by Gasteiger charge is -2.22. The van der Waals surface area contributed by atoms with Gasteiger partial charge in [-0.15, -0.1) is 0 Å². The fourth-order valence-electron chi connectivity index (χ4n) is 2.09. The molecule has 0 saturated carbocycles. The van der Waals surface area contributed by atoms with Gasteiger partial charge in [0.25, 0.3) is 0 Å². The predicted molar refractivity (Wildman–Crippen MR) is 75.9 cm³/mol. The van der Waals surface area contributed by atoms with Crippen LogP contribution >= 0.6 is 0 Å². The summed E-state index contributed by atoms with van der Waals surface area (Å²) in [6.07, 6.45) is 1.27. The van der Waals surface area contributed by atoms with Gasteiger partial charge < -0.3 is 20.7 Å². The minimum absolute atomic E-state index is 0.106. The monoisotopic (exact) mass is 309 g/mol. The van der Waals surface area contributed by atoms with Crippen LogP contribution in [-0.2, 0) is 9.53 Å². The summed E-state index contributed by atoms with van der Waals surface area (Å²) < 4.78 is 18.2. The summed E-state index contributed by atoms with van der Waals surface area (Å²) in [7, 11) is 1.20. The van der Waals surface area contributed by atoms with E-state index in [1.54, 1.807) is 0 Å². The molecular weight excluding hydrogens is 293 g/mol. The number of benzene rings is 1. The first-order valence-corrected chi connectivity index (χ1v) is 6.74. The molecule has 0 spiro atoms. The molecule has 1 fully saturated rings. The molecule has 7 nitrogen and oxygen atoms in total. The van der Waals surface area contributed by atoms with Crippen LogP contribution in [0.1, 0.15) is 23.2 Å². The van der Waals surface area contributed by atoms with Crippen molar-refractivity contribution in [2.24, 2.45) is 0 Å². The summed E-state index contributed by atoms with van der Waals surface area (Å²) >= 11 is 0. The molecule has 22 heavy (non-hydrogen) atoms. The first-order valence-electron chi connectivity index (χ1n) is 6.74. The van der Waals surface area contributed by atoms with E-state index < -0.39 is 23.9 Å². The number of anilines is 1. The molecule has 0 aliphatic carbocycles. The normalized spacial score (nSPS) is 17.4. The molecule has 3 N–H and O–H groups in total. The van der Waals surface area contributed by atoms with Crippen LogP contribution in [0.5, 0.6) is 0 Å². The van der Waals surface area contributed by atoms with Gasteiger partial charge in [-0.1, -0.05) is 0 Å². The second-order valence-corrected chi connectivity index (χ2v) is 4.77. The average Bonchev–Trinajstić information content (AvgIpc) is 2.51. The van der Waals surface area contributed by atoms with Crippen LogP contribution in [0.2, 0.25) is 0 Å². The number of nitrogens with one attached hydrogen (secondary N) is 3. The smallest absolute Gasteiger partial charge is 0.337 e. The fraction of sp³-hybridized carbons (Fsp3) is 0.357. The Labute approximate surface area is 126 Å². The number of urea groups is 1. The first-order chi connectivity index (χ1) is 10.5. The van der Waals surface area contributed by atoms with Gasteiger partial charge in [0.05, 0.1) is 18.4 Å². The van der Waals surface area contributed by atoms with Crippen molar-refractivity contribution in [1.82, 2.24) is 10.6 Å². The molecule has 0 bridgehead atoms. The lowest BCUT2D eigenvalue weighted by Crippen LogP contribution is -2.51. The number of rotatable bonds is 3. The van der Waals surface area contributed by atoms with Crippen molar-refractivity contribution in [3.8, 4) is 0 Å². The van der Waals surface area contributed by atoms with Crippen molar-refractivity contribution >= 4 is 23.6 Å². The van der Waals surface area contributed by atoms with Crippen LogP contribution in [-0.4, -0.2) is 37.6 Å². The Morgan fingerprint density at radius 3 is 2.86 bits per heavy atom. The third-order valence-corrected chi connectivity index (χ3v) is 3.23. The molecule has 8 heteroatoms. The van der Waals surface area contributed by atoms with E-state index in [1.807, 2.05) is 0 Å². The lowest BCUT2D eigenvalue weighted by atomic mass is 10.1. The van der Waals surface area contributed by atoms with Crippen LogP contribution < -0.4 is 16.0 Å². The van der Waals surface area contributed by atoms with Crippen molar-refractivity contribution < 1.29 is 23.5 Å². The van der Waals surface area contributed by atoms with Crippen LogP contribution in [0.25, 0.3) is 0 Å².